The van der Waals surface area contributed by atoms with Crippen molar-refractivity contribution in [2.75, 3.05) is 0 Å². The van der Waals surface area contributed by atoms with Crippen molar-refractivity contribution < 1.29 is 9.21 Å². The van der Waals surface area contributed by atoms with E-state index in [-0.39, 0.29) is 5.78 Å². The highest BCUT2D eigenvalue weighted by molar-refractivity contribution is 5.97. The summed E-state index contributed by atoms with van der Waals surface area (Å²) in [5.41, 5.74) is 0.800. The molecule has 1 fully saturated rings. The molecule has 1 aromatic heterocycles. The van der Waals surface area contributed by atoms with Gasteiger partial charge in [0.25, 0.3) is 0 Å². The largest absolute Gasteiger partial charge is 0.469 e. The molecular formula is C11H14O2. The van der Waals surface area contributed by atoms with E-state index >= 15 is 0 Å². The van der Waals surface area contributed by atoms with Gasteiger partial charge in [-0.2, -0.15) is 0 Å². The van der Waals surface area contributed by atoms with Crippen molar-refractivity contribution >= 4 is 5.78 Å². The van der Waals surface area contributed by atoms with Gasteiger partial charge in [0.1, 0.15) is 5.76 Å². The molecule has 1 aromatic rings. The first kappa shape index (κ1) is 8.54. The van der Waals surface area contributed by atoms with Crippen molar-refractivity contribution in [2.45, 2.75) is 32.6 Å². The molecule has 2 heteroatoms. The number of ketones is 1. The van der Waals surface area contributed by atoms with Crippen LogP contribution in [0.3, 0.4) is 0 Å². The number of Topliss-reactive ketones (excluding diaryl/α,β-unsaturated/α-hetero) is 1. The Kier molecular flexibility index (Phi) is 2.21. The quantitative estimate of drug-likeness (QED) is 0.663. The van der Waals surface area contributed by atoms with Crippen LogP contribution in [0.1, 0.15) is 42.3 Å². The first-order valence-electron chi connectivity index (χ1n) is 4.90. The van der Waals surface area contributed by atoms with E-state index in [4.69, 9.17) is 4.42 Å². The van der Waals surface area contributed by atoms with Crippen LogP contribution >= 0.6 is 0 Å². The van der Waals surface area contributed by atoms with E-state index in [1.54, 1.807) is 12.3 Å². The topological polar surface area (TPSA) is 30.2 Å². The van der Waals surface area contributed by atoms with Crippen molar-refractivity contribution in [1.82, 2.24) is 0 Å². The molecule has 0 aromatic carbocycles. The Bertz CT molecular complexity index is 308. The Morgan fingerprint density at radius 3 is 3.00 bits per heavy atom. The van der Waals surface area contributed by atoms with Crippen LogP contribution in [0.4, 0.5) is 0 Å². The second-order valence-electron chi connectivity index (χ2n) is 3.68. The Morgan fingerprint density at radius 2 is 2.38 bits per heavy atom. The lowest BCUT2D eigenvalue weighted by atomic mass is 10.1. The zero-order valence-corrected chi connectivity index (χ0v) is 7.88. The number of rotatable bonds is 4. The molecule has 2 rings (SSSR count). The van der Waals surface area contributed by atoms with Gasteiger partial charge in [0, 0.05) is 12.8 Å². The van der Waals surface area contributed by atoms with E-state index in [0.717, 1.165) is 17.7 Å². The summed E-state index contributed by atoms with van der Waals surface area (Å²) in [5.74, 6) is 1.76. The van der Waals surface area contributed by atoms with Gasteiger partial charge in [-0.05, 0) is 24.8 Å². The molecule has 0 aliphatic heterocycles. The maximum Gasteiger partial charge on any atom is 0.166 e. The first-order valence-corrected chi connectivity index (χ1v) is 4.90. The van der Waals surface area contributed by atoms with Gasteiger partial charge in [-0.25, -0.2) is 0 Å². The molecule has 0 N–H and O–H groups in total. The Labute approximate surface area is 77.9 Å². The second kappa shape index (κ2) is 3.36. The number of hydrogen-bond donors (Lipinski definition) is 0. The van der Waals surface area contributed by atoms with E-state index in [1.807, 2.05) is 6.92 Å². The molecule has 13 heavy (non-hydrogen) atoms. The number of hydrogen-bond acceptors (Lipinski definition) is 2. The fourth-order valence-electron chi connectivity index (χ4n) is 1.56. The molecule has 0 saturated heterocycles. The molecular weight excluding hydrogens is 164 g/mol. The zero-order chi connectivity index (χ0) is 9.26. The molecule has 1 heterocycles. The zero-order valence-electron chi connectivity index (χ0n) is 7.88. The van der Waals surface area contributed by atoms with Crippen molar-refractivity contribution in [3.8, 4) is 0 Å². The number of carbonyl (C=O) groups excluding carboxylic acids is 1. The van der Waals surface area contributed by atoms with E-state index < -0.39 is 0 Å². The van der Waals surface area contributed by atoms with E-state index in [2.05, 4.69) is 0 Å². The Balaban J connectivity index is 2.08. The van der Waals surface area contributed by atoms with Crippen molar-refractivity contribution in [3.05, 3.63) is 23.7 Å². The highest BCUT2D eigenvalue weighted by atomic mass is 16.3. The van der Waals surface area contributed by atoms with Crippen LogP contribution in [0.5, 0.6) is 0 Å². The standard InChI is InChI=1S/C11H14O2/c1-2-11-9(5-6-13-11)10(12)7-8-3-4-8/h5-6,8H,2-4,7H2,1H3. The summed E-state index contributed by atoms with van der Waals surface area (Å²) < 4.78 is 5.22. The lowest BCUT2D eigenvalue weighted by Crippen LogP contribution is -2.01. The molecule has 0 amide bonds. The van der Waals surface area contributed by atoms with Crippen LogP contribution in [0.15, 0.2) is 16.7 Å². The molecule has 70 valence electrons. The van der Waals surface area contributed by atoms with Gasteiger partial charge in [-0.15, -0.1) is 0 Å². The van der Waals surface area contributed by atoms with E-state index in [0.29, 0.717) is 12.3 Å². The third kappa shape index (κ3) is 1.82. The predicted octanol–water partition coefficient (Wildman–Crippen LogP) is 2.82. The SMILES string of the molecule is CCc1occc1C(=O)CC1CC1. The van der Waals surface area contributed by atoms with E-state index in [9.17, 15) is 4.79 Å². The first-order chi connectivity index (χ1) is 6.31. The molecule has 1 aliphatic carbocycles. The molecule has 0 atom stereocenters. The van der Waals surface area contributed by atoms with Gasteiger partial charge >= 0.3 is 0 Å². The maximum atomic E-state index is 11.7. The average Bonchev–Trinajstić information content (AvgIpc) is 2.82. The average molecular weight is 178 g/mol. The lowest BCUT2D eigenvalue weighted by Gasteiger charge is -1.97. The summed E-state index contributed by atoms with van der Waals surface area (Å²) in [7, 11) is 0. The normalized spacial score (nSPS) is 16.1. The fraction of sp³-hybridized carbons (Fsp3) is 0.545. The van der Waals surface area contributed by atoms with Crippen LogP contribution in [0, 0.1) is 5.92 Å². The van der Waals surface area contributed by atoms with Crippen LogP contribution < -0.4 is 0 Å². The molecule has 1 aliphatic rings. The highest BCUT2D eigenvalue weighted by Gasteiger charge is 2.26. The van der Waals surface area contributed by atoms with Crippen LogP contribution in [0.2, 0.25) is 0 Å². The summed E-state index contributed by atoms with van der Waals surface area (Å²) >= 11 is 0. The molecule has 0 radical (unpaired) electrons. The number of carbonyl (C=O) groups is 1. The monoisotopic (exact) mass is 178 g/mol. The summed E-state index contributed by atoms with van der Waals surface area (Å²) in [6.45, 7) is 2.01. The van der Waals surface area contributed by atoms with Crippen LogP contribution in [-0.2, 0) is 6.42 Å². The molecule has 0 bridgehead atoms. The summed E-state index contributed by atoms with van der Waals surface area (Å²) in [6.07, 6.45) is 5.58. The smallest absolute Gasteiger partial charge is 0.166 e. The van der Waals surface area contributed by atoms with Gasteiger partial charge in [0.2, 0.25) is 0 Å². The van der Waals surface area contributed by atoms with Gasteiger partial charge in [0.05, 0.1) is 11.8 Å². The molecule has 2 nitrogen and oxygen atoms in total. The third-order valence-electron chi connectivity index (χ3n) is 2.54. The fourth-order valence-corrected chi connectivity index (χ4v) is 1.56. The minimum Gasteiger partial charge on any atom is -0.469 e. The van der Waals surface area contributed by atoms with Gasteiger partial charge in [0.15, 0.2) is 5.78 Å². The van der Waals surface area contributed by atoms with Gasteiger partial charge in [-0.1, -0.05) is 6.92 Å². The highest BCUT2D eigenvalue weighted by Crippen LogP contribution is 2.33. The Morgan fingerprint density at radius 1 is 1.62 bits per heavy atom. The van der Waals surface area contributed by atoms with Crippen LogP contribution in [0.25, 0.3) is 0 Å². The minimum atomic E-state index is 0.258. The Hall–Kier alpha value is -1.05. The molecule has 0 spiro atoms. The van der Waals surface area contributed by atoms with Crippen LogP contribution in [-0.4, -0.2) is 5.78 Å². The third-order valence-corrected chi connectivity index (χ3v) is 2.54. The van der Waals surface area contributed by atoms with E-state index in [1.165, 1.54) is 12.8 Å². The van der Waals surface area contributed by atoms with Crippen molar-refractivity contribution in [2.24, 2.45) is 5.92 Å². The number of aryl methyl sites for hydroxylation is 1. The van der Waals surface area contributed by atoms with Gasteiger partial charge < -0.3 is 4.42 Å². The predicted molar refractivity (Wildman–Crippen MR) is 49.8 cm³/mol. The maximum absolute atomic E-state index is 11.7. The van der Waals surface area contributed by atoms with Crippen molar-refractivity contribution in [1.29, 1.82) is 0 Å². The molecule has 1 saturated carbocycles. The van der Waals surface area contributed by atoms with Crippen molar-refractivity contribution in [3.63, 3.8) is 0 Å². The minimum absolute atomic E-state index is 0.258. The lowest BCUT2D eigenvalue weighted by molar-refractivity contribution is 0.0974. The second-order valence-corrected chi connectivity index (χ2v) is 3.68. The summed E-state index contributed by atoms with van der Waals surface area (Å²) in [5, 5.41) is 0. The summed E-state index contributed by atoms with van der Waals surface area (Å²) in [4.78, 5) is 11.7. The van der Waals surface area contributed by atoms with Gasteiger partial charge in [-0.3, -0.25) is 4.79 Å². The molecule has 0 unspecified atom stereocenters. The number of furan rings is 1. The summed E-state index contributed by atoms with van der Waals surface area (Å²) in [6, 6.07) is 1.80.